The maximum Gasteiger partial charge on any atom is 0.406 e. The Morgan fingerprint density at radius 3 is 2.23 bits per heavy atom. The van der Waals surface area contributed by atoms with Crippen LogP contribution in [0.1, 0.15) is 26.7 Å². The number of fused-ring (bicyclic) bond motifs is 1. The highest BCUT2D eigenvalue weighted by Gasteiger charge is 2.48. The van der Waals surface area contributed by atoms with Gasteiger partial charge in [0.1, 0.15) is 36.8 Å². The maximum atomic E-state index is 13.8. The minimum Gasteiger partial charge on any atom is -0.486 e. The summed E-state index contributed by atoms with van der Waals surface area (Å²) in [5.74, 6) is -6.06. The molecule has 0 aliphatic carbocycles. The maximum absolute atomic E-state index is 13.8. The molecule has 0 aromatic heterocycles. The molecule has 196 valence electrons. The quantitative estimate of drug-likeness (QED) is 0.380. The van der Waals surface area contributed by atoms with Crippen molar-refractivity contribution < 1.29 is 55.0 Å². The van der Waals surface area contributed by atoms with Gasteiger partial charge in [0.25, 0.3) is 17.7 Å². The number of nitrogens with zero attached hydrogens (tertiary/aromatic N) is 1. The third-order valence-corrected chi connectivity index (χ3v) is 5.13. The summed E-state index contributed by atoms with van der Waals surface area (Å²) in [4.78, 5) is 38.2. The Bertz CT molecular complexity index is 969. The van der Waals surface area contributed by atoms with Crippen LogP contribution in [0.3, 0.4) is 0 Å². The molecule has 1 heterocycles. The highest BCUT2D eigenvalue weighted by Crippen LogP contribution is 2.36. The van der Waals surface area contributed by atoms with Crippen molar-refractivity contribution in [1.29, 1.82) is 0 Å². The van der Waals surface area contributed by atoms with E-state index >= 15 is 0 Å². The molecule has 0 spiro atoms. The largest absolute Gasteiger partial charge is 0.486 e. The number of aliphatic hydroxyl groups is 1. The van der Waals surface area contributed by atoms with E-state index in [0.717, 1.165) is 19.1 Å². The van der Waals surface area contributed by atoms with Crippen molar-refractivity contribution in [2.45, 2.75) is 56.8 Å². The summed E-state index contributed by atoms with van der Waals surface area (Å²) in [7, 11) is 0. The number of carbonyl (C=O) groups excluding carboxylic acids is 3. The molecule has 35 heavy (non-hydrogen) atoms. The van der Waals surface area contributed by atoms with Gasteiger partial charge in [0.15, 0.2) is 0 Å². The molecule has 3 amide bonds. The summed E-state index contributed by atoms with van der Waals surface area (Å²) in [6.07, 6.45) is -12.0. The summed E-state index contributed by atoms with van der Waals surface area (Å²) < 4.78 is 96.3. The van der Waals surface area contributed by atoms with Crippen LogP contribution in [0.25, 0.3) is 0 Å². The number of hydrogen-bond acceptors (Lipinski definition) is 5. The smallest absolute Gasteiger partial charge is 0.406 e. The van der Waals surface area contributed by atoms with Gasteiger partial charge in [-0.1, -0.05) is 13.8 Å². The first-order valence-corrected chi connectivity index (χ1v) is 10.2. The normalized spacial score (nSPS) is 20.3. The number of benzene rings is 1. The topological polar surface area (TPSA) is 108 Å². The number of carbonyl (C=O) groups is 3. The second-order valence-corrected chi connectivity index (χ2v) is 7.68. The van der Waals surface area contributed by atoms with Crippen molar-refractivity contribution in [3.63, 3.8) is 0 Å². The Hall–Kier alpha value is -3.10. The van der Waals surface area contributed by atoms with E-state index in [2.05, 4.69) is 0 Å². The Balaban J connectivity index is 2.43. The van der Waals surface area contributed by atoms with Gasteiger partial charge >= 0.3 is 12.4 Å². The minimum absolute atomic E-state index is 0.0851. The molecule has 3 N–H and O–H groups in total. The summed E-state index contributed by atoms with van der Waals surface area (Å²) in [6.45, 7) is -1.23. The first kappa shape index (κ1) is 28.1. The third-order valence-electron chi connectivity index (χ3n) is 5.13. The number of rotatable bonds is 7. The van der Waals surface area contributed by atoms with Crippen LogP contribution in [0, 0.1) is 5.82 Å². The van der Waals surface area contributed by atoms with E-state index in [0.29, 0.717) is 6.07 Å². The van der Waals surface area contributed by atoms with Crippen LogP contribution in [-0.2, 0) is 14.4 Å². The van der Waals surface area contributed by atoms with E-state index < -0.39 is 78.8 Å². The number of nitrogens with one attached hydrogen (secondary N) is 2. The SMILES string of the molecule is CC[C@H]1Oc2ccc(F)cc2N(CC(F)(F)F)C(=O)[C@H]1NC(=O)C(O)(CC)C(=O)NCC(F)(F)F. The highest BCUT2D eigenvalue weighted by molar-refractivity contribution is 6.10. The van der Waals surface area contributed by atoms with Gasteiger partial charge in [0, 0.05) is 6.07 Å². The van der Waals surface area contributed by atoms with Crippen molar-refractivity contribution in [3.8, 4) is 5.75 Å². The molecule has 2 rings (SSSR count). The first-order chi connectivity index (χ1) is 16.0. The van der Waals surface area contributed by atoms with Gasteiger partial charge in [-0.25, -0.2) is 4.39 Å². The molecule has 0 fully saturated rings. The molecule has 0 saturated carbocycles. The fraction of sp³-hybridized carbons (Fsp3) is 0.550. The number of ether oxygens (including phenoxy) is 1. The second kappa shape index (κ2) is 10.3. The Labute approximate surface area is 194 Å². The zero-order valence-electron chi connectivity index (χ0n) is 18.4. The molecule has 1 aliphatic heterocycles. The molecule has 3 atom stereocenters. The molecule has 1 aromatic rings. The van der Waals surface area contributed by atoms with Crippen molar-refractivity contribution >= 4 is 23.4 Å². The number of amides is 3. The lowest BCUT2D eigenvalue weighted by atomic mass is 9.96. The van der Waals surface area contributed by atoms with Crippen LogP contribution in [0.4, 0.5) is 36.4 Å². The number of alkyl halides is 6. The van der Waals surface area contributed by atoms with E-state index in [1.54, 1.807) is 0 Å². The van der Waals surface area contributed by atoms with Crippen molar-refractivity contribution in [2.24, 2.45) is 0 Å². The molecule has 15 heteroatoms. The zero-order chi connectivity index (χ0) is 26.8. The lowest BCUT2D eigenvalue weighted by molar-refractivity contribution is -0.161. The van der Waals surface area contributed by atoms with Gasteiger partial charge < -0.3 is 20.5 Å². The van der Waals surface area contributed by atoms with Gasteiger partial charge in [-0.05, 0) is 25.0 Å². The lowest BCUT2D eigenvalue weighted by Gasteiger charge is -2.31. The predicted molar refractivity (Wildman–Crippen MR) is 106 cm³/mol. The molecule has 1 aliphatic rings. The Morgan fingerprint density at radius 1 is 1.09 bits per heavy atom. The van der Waals surface area contributed by atoms with Gasteiger partial charge in [0.05, 0.1) is 5.69 Å². The van der Waals surface area contributed by atoms with Crippen LogP contribution in [0.2, 0.25) is 0 Å². The van der Waals surface area contributed by atoms with Gasteiger partial charge in [-0.15, -0.1) is 0 Å². The molecule has 1 aromatic carbocycles. The predicted octanol–water partition coefficient (Wildman–Crippen LogP) is 2.20. The molecule has 0 saturated heterocycles. The summed E-state index contributed by atoms with van der Waals surface area (Å²) in [5.41, 5.74) is -3.67. The fourth-order valence-corrected chi connectivity index (χ4v) is 3.31. The molecule has 0 bridgehead atoms. The summed E-state index contributed by atoms with van der Waals surface area (Å²) >= 11 is 0. The average Bonchev–Trinajstić information content (AvgIpc) is 2.85. The number of anilines is 1. The monoisotopic (exact) mass is 517 g/mol. The van der Waals surface area contributed by atoms with Crippen LogP contribution in [0.5, 0.6) is 5.75 Å². The van der Waals surface area contributed by atoms with Crippen LogP contribution in [0.15, 0.2) is 18.2 Å². The van der Waals surface area contributed by atoms with Gasteiger partial charge in [-0.3, -0.25) is 19.3 Å². The number of hydrogen-bond donors (Lipinski definition) is 3. The van der Waals surface area contributed by atoms with E-state index in [4.69, 9.17) is 4.74 Å². The van der Waals surface area contributed by atoms with E-state index in [1.165, 1.54) is 12.2 Å². The lowest BCUT2D eigenvalue weighted by Crippen LogP contribution is -2.63. The van der Waals surface area contributed by atoms with E-state index in [-0.39, 0.29) is 17.1 Å². The van der Waals surface area contributed by atoms with E-state index in [9.17, 15) is 50.2 Å². The molecular formula is C20H22F7N3O5. The molecule has 8 nitrogen and oxygen atoms in total. The minimum atomic E-state index is -4.96. The van der Waals surface area contributed by atoms with Crippen molar-refractivity contribution in [1.82, 2.24) is 10.6 Å². The second-order valence-electron chi connectivity index (χ2n) is 7.68. The number of halogens is 7. The average molecular weight is 517 g/mol. The molecule has 1 unspecified atom stereocenters. The Kier molecular flexibility index (Phi) is 8.25. The summed E-state index contributed by atoms with van der Waals surface area (Å²) in [5, 5.41) is 13.8. The standard InChI is InChI=1S/C20H22F7N3O5/c1-3-12-14(29-17(33)18(34,4-2)16(32)28-8-19(22,23)24)15(31)30(9-20(25,26)27)11-7-10(21)5-6-13(11)35-12/h5-7,12,14,34H,3-4,8-9H2,1-2H3,(H,28,32)(H,29,33)/t12-,14+,18?/m1/s1. The molecular weight excluding hydrogens is 495 g/mol. The fourth-order valence-electron chi connectivity index (χ4n) is 3.31. The van der Waals surface area contributed by atoms with Crippen molar-refractivity contribution in [2.75, 3.05) is 18.0 Å². The third kappa shape index (κ3) is 6.74. The van der Waals surface area contributed by atoms with Gasteiger partial charge in [0.2, 0.25) is 5.60 Å². The summed E-state index contributed by atoms with van der Waals surface area (Å²) in [6, 6.07) is 0.574. The highest BCUT2D eigenvalue weighted by atomic mass is 19.4. The molecule has 0 radical (unpaired) electrons. The van der Waals surface area contributed by atoms with Crippen LogP contribution >= 0.6 is 0 Å². The Morgan fingerprint density at radius 2 is 1.71 bits per heavy atom. The van der Waals surface area contributed by atoms with Gasteiger partial charge in [-0.2, -0.15) is 26.3 Å². The zero-order valence-corrected chi connectivity index (χ0v) is 18.4. The van der Waals surface area contributed by atoms with E-state index in [1.807, 2.05) is 5.32 Å². The van der Waals surface area contributed by atoms with Crippen LogP contribution < -0.4 is 20.3 Å². The first-order valence-electron chi connectivity index (χ1n) is 10.2. The van der Waals surface area contributed by atoms with Crippen LogP contribution in [-0.4, -0.2) is 66.0 Å². The van der Waals surface area contributed by atoms with Crippen molar-refractivity contribution in [3.05, 3.63) is 24.0 Å².